The van der Waals surface area contributed by atoms with Gasteiger partial charge < -0.3 is 49.3 Å². The molecule has 2 heterocycles. The van der Waals surface area contributed by atoms with Crippen molar-refractivity contribution in [1.82, 2.24) is 0 Å². The van der Waals surface area contributed by atoms with Gasteiger partial charge in [-0.2, -0.15) is 0 Å². The number of esters is 1. The minimum absolute atomic E-state index is 0.0486. The molecule has 4 aliphatic carbocycles. The molecule has 0 bridgehead atoms. The fourth-order valence-electron chi connectivity index (χ4n) is 10.2. The third kappa shape index (κ3) is 4.63. The zero-order valence-corrected chi connectivity index (χ0v) is 25.5. The Hall–Kier alpha value is -1.90. The highest BCUT2D eigenvalue weighted by Gasteiger charge is 2.75. The highest BCUT2D eigenvalue weighted by molar-refractivity contribution is 5.66. The highest BCUT2D eigenvalue weighted by atomic mass is 16.7. The summed E-state index contributed by atoms with van der Waals surface area (Å²) in [5, 5.41) is 66.0. The van der Waals surface area contributed by atoms with Crippen LogP contribution in [-0.4, -0.2) is 97.3 Å². The van der Waals surface area contributed by atoms with Crippen molar-refractivity contribution in [2.75, 3.05) is 6.61 Å². The van der Waals surface area contributed by atoms with Crippen LogP contribution in [0.4, 0.5) is 0 Å². The lowest BCUT2D eigenvalue weighted by atomic mass is 9.40. The molecule has 1 aromatic rings. The van der Waals surface area contributed by atoms with Gasteiger partial charge in [-0.15, -0.1) is 0 Å². The van der Waals surface area contributed by atoms with Gasteiger partial charge in [-0.25, -0.2) is 4.79 Å². The van der Waals surface area contributed by atoms with Gasteiger partial charge in [-0.05, 0) is 73.8 Å². The Morgan fingerprint density at radius 2 is 1.77 bits per heavy atom. The average molecular weight is 623 g/mol. The van der Waals surface area contributed by atoms with Gasteiger partial charge in [0, 0.05) is 30.7 Å². The van der Waals surface area contributed by atoms with Crippen molar-refractivity contribution in [2.45, 2.75) is 132 Å². The van der Waals surface area contributed by atoms with Gasteiger partial charge >= 0.3 is 11.6 Å². The Labute approximate surface area is 255 Å². The number of rotatable bonds is 5. The maximum Gasteiger partial charge on any atom is 0.335 e. The Bertz CT molecular complexity index is 1280. The van der Waals surface area contributed by atoms with E-state index in [1.807, 2.05) is 6.92 Å². The molecular formula is C32H46O12. The van der Waals surface area contributed by atoms with Crippen LogP contribution in [0.2, 0.25) is 0 Å². The molecule has 246 valence electrons. The zero-order valence-electron chi connectivity index (χ0n) is 25.5. The predicted molar refractivity (Wildman–Crippen MR) is 152 cm³/mol. The van der Waals surface area contributed by atoms with E-state index in [1.165, 1.54) is 19.3 Å². The molecule has 1 saturated heterocycles. The van der Waals surface area contributed by atoms with E-state index >= 15 is 0 Å². The second kappa shape index (κ2) is 11.1. The van der Waals surface area contributed by atoms with Crippen LogP contribution < -0.4 is 5.63 Å². The molecule has 1 aromatic heterocycles. The van der Waals surface area contributed by atoms with Crippen molar-refractivity contribution in [2.24, 2.45) is 22.7 Å². The molecule has 12 heteroatoms. The molecule has 4 saturated carbocycles. The fourth-order valence-corrected chi connectivity index (χ4v) is 10.2. The number of carbonyl (C=O) groups excluding carboxylic acids is 1. The van der Waals surface area contributed by atoms with E-state index in [2.05, 4.69) is 6.92 Å². The van der Waals surface area contributed by atoms with Crippen molar-refractivity contribution in [3.63, 3.8) is 0 Å². The molecule has 0 radical (unpaired) electrons. The second-order valence-electron chi connectivity index (χ2n) is 14.5. The van der Waals surface area contributed by atoms with Crippen LogP contribution in [0.5, 0.6) is 0 Å². The van der Waals surface area contributed by atoms with Crippen LogP contribution in [0.1, 0.15) is 83.6 Å². The number of hydrogen-bond donors (Lipinski definition) is 6. The van der Waals surface area contributed by atoms with E-state index < -0.39 is 83.1 Å². The van der Waals surface area contributed by atoms with Gasteiger partial charge in [-0.1, -0.05) is 13.8 Å². The lowest BCUT2D eigenvalue weighted by Gasteiger charge is -2.68. The van der Waals surface area contributed by atoms with Crippen molar-refractivity contribution in [3.8, 4) is 0 Å². The third-order valence-electron chi connectivity index (χ3n) is 12.5. The monoisotopic (exact) mass is 622 g/mol. The first-order chi connectivity index (χ1) is 20.7. The Kier molecular flexibility index (Phi) is 8.10. The molecule has 12 nitrogen and oxygen atoms in total. The lowest BCUT2D eigenvalue weighted by molar-refractivity contribution is -0.330. The SMILES string of the molecule is CC(=O)OC1CC2(O)C(CCC3(C)C(c4ccc(=O)oc4)CCC32O)C2(C)CCC(OC3OC(CO)C(O)C(O)C3O)CC12. The standard InChI is InChI=1S/C32H46O12/c1-16(34)42-21-13-31(39)23(8-10-30(3)19(7-11-32(30,31)40)17-4-5-24(35)41-15-17)29(2)9-6-18(12-20(21)29)43-28-27(38)26(37)25(36)22(14-33)44-28/h4-5,15,18-23,25-28,33,36-40H,6-14H2,1-3H3. The number of aliphatic hydroxyl groups is 6. The molecule has 14 unspecified atom stereocenters. The van der Waals surface area contributed by atoms with Crippen LogP contribution in [0, 0.1) is 22.7 Å². The van der Waals surface area contributed by atoms with Gasteiger partial charge in [0.05, 0.1) is 24.6 Å². The molecule has 5 fully saturated rings. The second-order valence-corrected chi connectivity index (χ2v) is 14.5. The first-order valence-corrected chi connectivity index (χ1v) is 15.9. The Balaban J connectivity index is 1.29. The van der Waals surface area contributed by atoms with Crippen molar-refractivity contribution >= 4 is 5.97 Å². The topological polar surface area (TPSA) is 196 Å². The van der Waals surface area contributed by atoms with Crippen molar-refractivity contribution < 1.29 is 54.1 Å². The minimum atomic E-state index is -1.56. The summed E-state index contributed by atoms with van der Waals surface area (Å²) in [5.74, 6) is -1.17. The smallest absolute Gasteiger partial charge is 0.335 e. The molecule has 6 rings (SSSR count). The molecule has 6 N–H and O–H groups in total. The largest absolute Gasteiger partial charge is 0.462 e. The van der Waals surface area contributed by atoms with E-state index in [0.29, 0.717) is 44.9 Å². The molecule has 1 aliphatic heterocycles. The number of ether oxygens (including phenoxy) is 3. The molecule has 14 atom stereocenters. The summed E-state index contributed by atoms with van der Waals surface area (Å²) >= 11 is 0. The molecule has 0 spiro atoms. The number of fused-ring (bicyclic) bond motifs is 5. The van der Waals surface area contributed by atoms with E-state index in [9.17, 15) is 40.2 Å². The predicted octanol–water partition coefficient (Wildman–Crippen LogP) is 0.723. The summed E-state index contributed by atoms with van der Waals surface area (Å²) in [5.41, 5.74) is -3.92. The molecule has 0 amide bonds. The van der Waals surface area contributed by atoms with Gasteiger partial charge in [0.2, 0.25) is 0 Å². The van der Waals surface area contributed by atoms with Crippen LogP contribution in [-0.2, 0) is 19.0 Å². The van der Waals surface area contributed by atoms with Crippen LogP contribution in [0.15, 0.2) is 27.6 Å². The first-order valence-electron chi connectivity index (χ1n) is 15.9. The fraction of sp³-hybridized carbons (Fsp3) is 0.812. The van der Waals surface area contributed by atoms with E-state index in [4.69, 9.17) is 18.6 Å². The summed E-state index contributed by atoms with van der Waals surface area (Å²) in [4.78, 5) is 24.1. The van der Waals surface area contributed by atoms with Gasteiger partial charge in [0.15, 0.2) is 6.29 Å². The normalized spacial score (nSPS) is 50.3. The summed E-state index contributed by atoms with van der Waals surface area (Å²) in [6.07, 6.45) is -2.89. The van der Waals surface area contributed by atoms with Gasteiger partial charge in [0.1, 0.15) is 36.1 Å². The first kappa shape index (κ1) is 32.1. The van der Waals surface area contributed by atoms with E-state index in [1.54, 1.807) is 6.07 Å². The molecule has 0 aromatic carbocycles. The number of carbonyl (C=O) groups is 1. The summed E-state index contributed by atoms with van der Waals surface area (Å²) < 4.78 is 22.8. The minimum Gasteiger partial charge on any atom is -0.462 e. The maximum atomic E-state index is 12.8. The number of aliphatic hydroxyl groups excluding tert-OH is 4. The van der Waals surface area contributed by atoms with Crippen LogP contribution in [0.3, 0.4) is 0 Å². The summed E-state index contributed by atoms with van der Waals surface area (Å²) in [6, 6.07) is 3.12. The lowest BCUT2D eigenvalue weighted by Crippen LogP contribution is -2.75. The summed E-state index contributed by atoms with van der Waals surface area (Å²) in [6.45, 7) is 4.86. The highest BCUT2D eigenvalue weighted by Crippen LogP contribution is 2.72. The van der Waals surface area contributed by atoms with Crippen LogP contribution in [0.25, 0.3) is 0 Å². The van der Waals surface area contributed by atoms with Gasteiger partial charge in [0.25, 0.3) is 0 Å². The average Bonchev–Trinajstić information content (AvgIpc) is 3.26. The van der Waals surface area contributed by atoms with E-state index in [0.717, 1.165) is 5.56 Å². The van der Waals surface area contributed by atoms with Crippen molar-refractivity contribution in [3.05, 3.63) is 34.4 Å². The zero-order chi connectivity index (χ0) is 31.8. The maximum absolute atomic E-state index is 12.8. The number of hydrogen-bond acceptors (Lipinski definition) is 12. The molecule has 44 heavy (non-hydrogen) atoms. The van der Waals surface area contributed by atoms with E-state index in [-0.39, 0.29) is 24.2 Å². The quantitative estimate of drug-likeness (QED) is 0.199. The molecule has 5 aliphatic rings. The Morgan fingerprint density at radius 1 is 1.02 bits per heavy atom. The van der Waals surface area contributed by atoms with Crippen molar-refractivity contribution in [1.29, 1.82) is 0 Å². The summed E-state index contributed by atoms with van der Waals surface area (Å²) in [7, 11) is 0. The molecular weight excluding hydrogens is 576 g/mol. The van der Waals surface area contributed by atoms with Gasteiger partial charge in [-0.3, -0.25) is 4.79 Å². The third-order valence-corrected chi connectivity index (χ3v) is 12.5. The van der Waals surface area contributed by atoms with Crippen LogP contribution >= 0.6 is 0 Å². The Morgan fingerprint density at radius 3 is 2.43 bits per heavy atom.